The van der Waals surface area contributed by atoms with Crippen molar-refractivity contribution in [1.29, 1.82) is 0 Å². The van der Waals surface area contributed by atoms with E-state index in [2.05, 4.69) is 29.0 Å². The molecule has 2 saturated heterocycles. The fraction of sp³-hybridized carbons (Fsp3) is 0.636. The van der Waals surface area contributed by atoms with Gasteiger partial charge in [0.1, 0.15) is 5.82 Å². The molecule has 1 aromatic carbocycles. The number of nitrogens with one attached hydrogen (secondary N) is 1. The number of piperazine rings is 1. The number of hydrogen-bond donors (Lipinski definition) is 1. The first-order chi connectivity index (χ1) is 13.8. The number of benzene rings is 1. The lowest BCUT2D eigenvalue weighted by Gasteiger charge is -2.39. The van der Waals surface area contributed by atoms with Crippen molar-refractivity contribution in [1.82, 2.24) is 14.7 Å². The van der Waals surface area contributed by atoms with Crippen molar-refractivity contribution in [2.75, 3.05) is 51.1 Å². The minimum Gasteiger partial charge on any atom is -0.341 e. The van der Waals surface area contributed by atoms with Crippen LogP contribution in [0.4, 0.5) is 10.1 Å². The lowest BCUT2D eigenvalue weighted by molar-refractivity contribution is -0.136. The summed E-state index contributed by atoms with van der Waals surface area (Å²) in [5, 5.41) is 2.67. The van der Waals surface area contributed by atoms with Crippen LogP contribution in [0, 0.1) is 17.7 Å². The van der Waals surface area contributed by atoms with Crippen LogP contribution in [0.15, 0.2) is 24.3 Å². The zero-order valence-electron chi connectivity index (χ0n) is 17.7. The van der Waals surface area contributed by atoms with Crippen molar-refractivity contribution in [2.45, 2.75) is 33.2 Å². The van der Waals surface area contributed by atoms with Crippen LogP contribution in [0.25, 0.3) is 0 Å². The molecule has 2 fully saturated rings. The average Bonchev–Trinajstić information content (AvgIpc) is 2.69. The van der Waals surface area contributed by atoms with E-state index in [9.17, 15) is 14.0 Å². The average molecular weight is 405 g/mol. The molecule has 0 spiro atoms. The van der Waals surface area contributed by atoms with Crippen LogP contribution in [0.5, 0.6) is 0 Å². The third-order valence-electron chi connectivity index (χ3n) is 6.05. The van der Waals surface area contributed by atoms with Crippen LogP contribution in [0.3, 0.4) is 0 Å². The molecule has 0 aromatic heterocycles. The highest BCUT2D eigenvalue weighted by molar-refractivity contribution is 5.94. The fourth-order valence-electron chi connectivity index (χ4n) is 4.43. The second-order valence-corrected chi connectivity index (χ2v) is 8.70. The summed E-state index contributed by atoms with van der Waals surface area (Å²) in [4.78, 5) is 31.5. The second-order valence-electron chi connectivity index (χ2n) is 8.70. The highest BCUT2D eigenvalue weighted by atomic mass is 19.1. The summed E-state index contributed by atoms with van der Waals surface area (Å²) in [5.74, 6) is 0.692. The molecule has 29 heavy (non-hydrogen) atoms. The number of likely N-dealkylation sites (tertiary alicyclic amines) is 1. The zero-order valence-corrected chi connectivity index (χ0v) is 17.7. The standard InChI is InChI=1S/C22H33FN4O2/c1-16-12-17(2)14-27(13-16)21(28)15-25-8-10-26(11-9-25)18(3)22(29)24-20-7-5-4-6-19(20)23/h4-7,16-18H,8-15H2,1-3H3,(H,24,29)/t16-,17-,18+/m1/s1. The number of halogens is 1. The highest BCUT2D eigenvalue weighted by Crippen LogP contribution is 2.21. The van der Waals surface area contributed by atoms with E-state index in [1.165, 1.54) is 12.5 Å². The number of piperidine rings is 1. The van der Waals surface area contributed by atoms with Crippen molar-refractivity contribution in [3.63, 3.8) is 0 Å². The first-order valence-corrected chi connectivity index (χ1v) is 10.6. The van der Waals surface area contributed by atoms with Gasteiger partial charge in [-0.2, -0.15) is 0 Å². The first kappa shape index (κ1) is 21.7. The monoisotopic (exact) mass is 404 g/mol. The molecule has 2 aliphatic rings. The van der Waals surface area contributed by atoms with Crippen molar-refractivity contribution >= 4 is 17.5 Å². The Morgan fingerprint density at radius 3 is 2.34 bits per heavy atom. The van der Waals surface area contributed by atoms with Crippen LogP contribution in [-0.2, 0) is 9.59 Å². The van der Waals surface area contributed by atoms with Crippen LogP contribution in [0.1, 0.15) is 27.2 Å². The summed E-state index contributed by atoms with van der Waals surface area (Å²) < 4.78 is 13.8. The minimum atomic E-state index is -0.433. The smallest absolute Gasteiger partial charge is 0.241 e. The van der Waals surface area contributed by atoms with Gasteiger partial charge in [0.25, 0.3) is 0 Å². The van der Waals surface area contributed by atoms with Gasteiger partial charge in [0.2, 0.25) is 11.8 Å². The molecule has 0 bridgehead atoms. The Kier molecular flexibility index (Phi) is 7.24. The van der Waals surface area contributed by atoms with E-state index >= 15 is 0 Å². The molecule has 160 valence electrons. The quantitative estimate of drug-likeness (QED) is 0.818. The van der Waals surface area contributed by atoms with E-state index in [1.807, 2.05) is 11.8 Å². The maximum Gasteiger partial charge on any atom is 0.241 e. The molecule has 2 amide bonds. The lowest BCUT2D eigenvalue weighted by atomic mass is 9.92. The predicted octanol–water partition coefficient (Wildman–Crippen LogP) is 2.27. The Bertz CT molecular complexity index is 711. The third kappa shape index (κ3) is 5.76. The van der Waals surface area contributed by atoms with Crippen LogP contribution < -0.4 is 5.32 Å². The van der Waals surface area contributed by atoms with Gasteiger partial charge in [-0.25, -0.2) is 4.39 Å². The van der Waals surface area contributed by atoms with Gasteiger partial charge in [-0.15, -0.1) is 0 Å². The van der Waals surface area contributed by atoms with E-state index in [-0.39, 0.29) is 23.5 Å². The van der Waals surface area contributed by atoms with E-state index in [4.69, 9.17) is 0 Å². The summed E-state index contributed by atoms with van der Waals surface area (Å²) in [6, 6.07) is 5.84. The largest absolute Gasteiger partial charge is 0.341 e. The van der Waals surface area contributed by atoms with Gasteiger partial charge in [-0.1, -0.05) is 26.0 Å². The molecule has 7 heteroatoms. The van der Waals surface area contributed by atoms with E-state index in [0.717, 1.165) is 26.2 Å². The molecule has 0 aliphatic carbocycles. The maximum absolute atomic E-state index is 13.8. The van der Waals surface area contributed by atoms with Crippen molar-refractivity contribution in [3.05, 3.63) is 30.1 Å². The van der Waals surface area contributed by atoms with Gasteiger partial charge >= 0.3 is 0 Å². The Morgan fingerprint density at radius 2 is 1.72 bits per heavy atom. The first-order valence-electron chi connectivity index (χ1n) is 10.6. The number of nitrogens with zero attached hydrogens (tertiary/aromatic N) is 3. The van der Waals surface area contributed by atoms with Gasteiger partial charge in [0.15, 0.2) is 0 Å². The van der Waals surface area contributed by atoms with Gasteiger partial charge in [0, 0.05) is 39.3 Å². The van der Waals surface area contributed by atoms with E-state index in [1.54, 1.807) is 18.2 Å². The van der Waals surface area contributed by atoms with Crippen LogP contribution in [0.2, 0.25) is 0 Å². The molecule has 6 nitrogen and oxygen atoms in total. The fourth-order valence-corrected chi connectivity index (χ4v) is 4.43. The topological polar surface area (TPSA) is 55.9 Å². The minimum absolute atomic E-state index is 0.207. The molecular formula is C22H33FN4O2. The molecule has 3 atom stereocenters. The highest BCUT2D eigenvalue weighted by Gasteiger charge is 2.29. The summed E-state index contributed by atoms with van der Waals surface area (Å²) in [7, 11) is 0. The molecule has 0 saturated carbocycles. The van der Waals surface area contributed by atoms with Crippen LogP contribution >= 0.6 is 0 Å². The Morgan fingerprint density at radius 1 is 1.10 bits per heavy atom. The Hall–Kier alpha value is -1.99. The Balaban J connectivity index is 1.45. The molecule has 3 rings (SSSR count). The molecule has 1 N–H and O–H groups in total. The second kappa shape index (κ2) is 9.67. The number of anilines is 1. The van der Waals surface area contributed by atoms with Crippen molar-refractivity contribution in [2.24, 2.45) is 11.8 Å². The van der Waals surface area contributed by atoms with E-state index in [0.29, 0.717) is 31.5 Å². The number of carbonyl (C=O) groups excluding carboxylic acids is 2. The summed E-state index contributed by atoms with van der Waals surface area (Å²) >= 11 is 0. The number of rotatable bonds is 5. The lowest BCUT2D eigenvalue weighted by Crippen LogP contribution is -2.55. The van der Waals surface area contributed by atoms with Gasteiger partial charge < -0.3 is 10.2 Å². The van der Waals surface area contributed by atoms with E-state index < -0.39 is 5.82 Å². The van der Waals surface area contributed by atoms with Crippen LogP contribution in [-0.4, -0.2) is 78.4 Å². The molecule has 0 unspecified atom stereocenters. The maximum atomic E-state index is 13.8. The van der Waals surface area contributed by atoms with Gasteiger partial charge in [-0.3, -0.25) is 19.4 Å². The normalized spacial score (nSPS) is 24.9. The number of carbonyl (C=O) groups is 2. The molecule has 2 aliphatic heterocycles. The van der Waals surface area contributed by atoms with Gasteiger partial charge in [0.05, 0.1) is 18.3 Å². The SMILES string of the molecule is C[C@@H]1C[C@@H](C)CN(C(=O)CN2CCN([C@@H](C)C(=O)Nc3ccccc3F)CC2)C1. The predicted molar refractivity (Wildman–Crippen MR) is 112 cm³/mol. The van der Waals surface area contributed by atoms with Gasteiger partial charge in [-0.05, 0) is 37.3 Å². The number of hydrogen-bond acceptors (Lipinski definition) is 4. The summed E-state index contributed by atoms with van der Waals surface area (Å²) in [6.07, 6.45) is 1.19. The Labute approximate surface area is 173 Å². The summed E-state index contributed by atoms with van der Waals surface area (Å²) in [5.41, 5.74) is 0.207. The zero-order chi connectivity index (χ0) is 21.0. The molecular weight excluding hydrogens is 371 g/mol. The third-order valence-corrected chi connectivity index (χ3v) is 6.05. The number of amides is 2. The molecule has 2 heterocycles. The molecule has 0 radical (unpaired) electrons. The van der Waals surface area contributed by atoms with Crippen molar-refractivity contribution < 1.29 is 14.0 Å². The number of para-hydroxylation sites is 1. The van der Waals surface area contributed by atoms with Crippen molar-refractivity contribution in [3.8, 4) is 0 Å². The summed E-state index contributed by atoms with van der Waals surface area (Å²) in [6.45, 7) is 11.4. The molecule has 1 aromatic rings.